The van der Waals surface area contributed by atoms with Gasteiger partial charge in [0.05, 0.1) is 14.2 Å². The van der Waals surface area contributed by atoms with E-state index in [0.717, 1.165) is 5.56 Å². The Morgan fingerprint density at radius 2 is 2.00 bits per heavy atom. The second kappa shape index (κ2) is 5.11. The van der Waals surface area contributed by atoms with E-state index in [1.165, 1.54) is 7.11 Å². The average Bonchev–Trinajstić information content (AvgIpc) is 2.26. The fraction of sp³-hybridized carbons (Fsp3) is 0.300. The van der Waals surface area contributed by atoms with Crippen LogP contribution in [-0.2, 0) is 16.1 Å². The number of hydrogen-bond acceptors (Lipinski definition) is 4. The number of carbonyl (C=O) groups is 1. The average molecular weight is 196 g/mol. The minimum atomic E-state index is -0.698. The molecule has 0 saturated carbocycles. The van der Waals surface area contributed by atoms with Gasteiger partial charge in [-0.05, 0) is 6.07 Å². The topological polar surface area (TPSA) is 44.8 Å². The van der Waals surface area contributed by atoms with Gasteiger partial charge in [0, 0.05) is 5.56 Å². The van der Waals surface area contributed by atoms with Gasteiger partial charge in [-0.15, -0.1) is 0 Å². The van der Waals surface area contributed by atoms with Gasteiger partial charge in [-0.25, -0.2) is 4.79 Å². The van der Waals surface area contributed by atoms with Crippen LogP contribution in [0.15, 0.2) is 24.3 Å². The largest absolute Gasteiger partial charge is 0.508 e. The normalized spacial score (nSPS) is 9.29. The summed E-state index contributed by atoms with van der Waals surface area (Å²) in [4.78, 5) is 10.7. The maximum absolute atomic E-state index is 10.7. The summed E-state index contributed by atoms with van der Waals surface area (Å²) in [7, 11) is 2.83. The minimum absolute atomic E-state index is 0.149. The van der Waals surface area contributed by atoms with Gasteiger partial charge >= 0.3 is 6.16 Å². The fourth-order valence-corrected chi connectivity index (χ4v) is 1.02. The van der Waals surface area contributed by atoms with Crippen LogP contribution in [0.5, 0.6) is 5.75 Å². The van der Waals surface area contributed by atoms with E-state index in [1.54, 1.807) is 13.2 Å². The Labute approximate surface area is 82.4 Å². The van der Waals surface area contributed by atoms with Crippen molar-refractivity contribution in [3.63, 3.8) is 0 Å². The predicted molar refractivity (Wildman–Crippen MR) is 50.2 cm³/mol. The molecule has 1 aromatic rings. The molecule has 0 aliphatic rings. The number of carbonyl (C=O) groups excluding carboxylic acids is 1. The maximum atomic E-state index is 10.7. The van der Waals surface area contributed by atoms with E-state index in [4.69, 9.17) is 9.47 Å². The first-order valence-electron chi connectivity index (χ1n) is 4.10. The summed E-state index contributed by atoms with van der Waals surface area (Å²) in [5.41, 5.74) is 0.806. The lowest BCUT2D eigenvalue weighted by molar-refractivity contribution is 0.0663. The molecule has 4 heteroatoms. The Morgan fingerprint density at radius 3 is 2.64 bits per heavy atom. The molecule has 0 heterocycles. The van der Waals surface area contributed by atoms with E-state index in [1.807, 2.05) is 18.2 Å². The summed E-state index contributed by atoms with van der Waals surface area (Å²) in [6, 6.07) is 7.32. The van der Waals surface area contributed by atoms with Gasteiger partial charge in [-0.2, -0.15) is 0 Å². The molecule has 0 saturated heterocycles. The third-order valence-electron chi connectivity index (χ3n) is 1.70. The zero-order valence-corrected chi connectivity index (χ0v) is 8.15. The summed E-state index contributed by atoms with van der Waals surface area (Å²) in [6.07, 6.45) is -0.698. The van der Waals surface area contributed by atoms with Crippen LogP contribution in [-0.4, -0.2) is 20.4 Å². The Hall–Kier alpha value is -1.71. The summed E-state index contributed by atoms with van der Waals surface area (Å²) >= 11 is 0. The van der Waals surface area contributed by atoms with Gasteiger partial charge in [0.15, 0.2) is 0 Å². The lowest BCUT2D eigenvalue weighted by atomic mass is 10.2. The highest BCUT2D eigenvalue weighted by molar-refractivity contribution is 5.59. The van der Waals surface area contributed by atoms with Crippen molar-refractivity contribution in [1.29, 1.82) is 0 Å². The number of hydrogen-bond donors (Lipinski definition) is 0. The number of benzene rings is 1. The molecule has 0 radical (unpaired) electrons. The molecule has 14 heavy (non-hydrogen) atoms. The van der Waals surface area contributed by atoms with Crippen molar-refractivity contribution in [2.75, 3.05) is 14.2 Å². The lowest BCUT2D eigenvalue weighted by Gasteiger charge is -2.07. The molecule has 4 nitrogen and oxygen atoms in total. The molecule has 0 aromatic heterocycles. The van der Waals surface area contributed by atoms with Crippen LogP contribution in [0, 0.1) is 0 Å². The lowest BCUT2D eigenvalue weighted by Crippen LogP contribution is -2.04. The highest BCUT2D eigenvalue weighted by atomic mass is 16.7. The van der Waals surface area contributed by atoms with E-state index in [2.05, 4.69) is 4.74 Å². The van der Waals surface area contributed by atoms with Crippen molar-refractivity contribution in [1.82, 2.24) is 0 Å². The van der Waals surface area contributed by atoms with E-state index < -0.39 is 6.16 Å². The molecule has 76 valence electrons. The van der Waals surface area contributed by atoms with Gasteiger partial charge in [0.25, 0.3) is 0 Å². The first kappa shape index (κ1) is 10.4. The van der Waals surface area contributed by atoms with Crippen molar-refractivity contribution in [2.24, 2.45) is 0 Å². The van der Waals surface area contributed by atoms with Crippen molar-refractivity contribution < 1.29 is 19.0 Å². The van der Waals surface area contributed by atoms with Crippen LogP contribution in [0.2, 0.25) is 0 Å². The Kier molecular flexibility index (Phi) is 3.79. The van der Waals surface area contributed by atoms with Crippen LogP contribution < -0.4 is 4.74 Å². The molecule has 1 aromatic carbocycles. The van der Waals surface area contributed by atoms with E-state index >= 15 is 0 Å². The van der Waals surface area contributed by atoms with Crippen molar-refractivity contribution in [3.8, 4) is 5.75 Å². The van der Waals surface area contributed by atoms with Gasteiger partial charge in [0.1, 0.15) is 12.4 Å². The number of ether oxygens (including phenoxy) is 3. The Balaban J connectivity index is 2.61. The first-order chi connectivity index (χ1) is 6.77. The SMILES string of the molecule is COC(=O)OCc1ccccc1OC. The highest BCUT2D eigenvalue weighted by Crippen LogP contribution is 2.17. The molecule has 1 rings (SSSR count). The van der Waals surface area contributed by atoms with Gasteiger partial charge < -0.3 is 14.2 Å². The summed E-state index contributed by atoms with van der Waals surface area (Å²) < 4.78 is 14.2. The molecule has 0 aliphatic heterocycles. The second-order valence-corrected chi connectivity index (χ2v) is 2.55. The van der Waals surface area contributed by atoms with Crippen LogP contribution in [0.1, 0.15) is 5.56 Å². The second-order valence-electron chi connectivity index (χ2n) is 2.55. The van der Waals surface area contributed by atoms with Crippen LogP contribution >= 0.6 is 0 Å². The molecule has 0 fully saturated rings. The van der Waals surface area contributed by atoms with E-state index in [9.17, 15) is 4.79 Å². The molecule has 0 amide bonds. The first-order valence-corrected chi connectivity index (χ1v) is 4.10. The van der Waals surface area contributed by atoms with Gasteiger partial charge in [-0.3, -0.25) is 0 Å². The molecule has 0 N–H and O–H groups in total. The molecule has 0 spiro atoms. The summed E-state index contributed by atoms with van der Waals surface area (Å²) in [5.74, 6) is 0.691. The Morgan fingerprint density at radius 1 is 1.29 bits per heavy atom. The highest BCUT2D eigenvalue weighted by Gasteiger charge is 2.05. The number of para-hydroxylation sites is 1. The van der Waals surface area contributed by atoms with Crippen LogP contribution in [0.25, 0.3) is 0 Å². The monoisotopic (exact) mass is 196 g/mol. The molecular formula is C10H12O4. The van der Waals surface area contributed by atoms with Gasteiger partial charge in [0.2, 0.25) is 0 Å². The predicted octanol–water partition coefficient (Wildman–Crippen LogP) is 1.98. The standard InChI is InChI=1S/C10H12O4/c1-12-9-6-4-3-5-8(9)7-14-10(11)13-2/h3-6H,7H2,1-2H3. The molecule has 0 bridgehead atoms. The third-order valence-corrected chi connectivity index (χ3v) is 1.70. The molecule has 0 aliphatic carbocycles. The molecule has 0 unspecified atom stereocenters. The minimum Gasteiger partial charge on any atom is -0.496 e. The maximum Gasteiger partial charge on any atom is 0.508 e. The quantitative estimate of drug-likeness (QED) is 0.693. The van der Waals surface area contributed by atoms with Crippen molar-refractivity contribution >= 4 is 6.16 Å². The third kappa shape index (κ3) is 2.65. The molecule has 0 atom stereocenters. The van der Waals surface area contributed by atoms with Crippen molar-refractivity contribution in [3.05, 3.63) is 29.8 Å². The summed E-state index contributed by atoms with van der Waals surface area (Å²) in [6.45, 7) is 0.149. The zero-order chi connectivity index (χ0) is 10.4. The number of rotatable bonds is 3. The van der Waals surface area contributed by atoms with Crippen molar-refractivity contribution in [2.45, 2.75) is 6.61 Å². The molecular weight excluding hydrogens is 184 g/mol. The summed E-state index contributed by atoms with van der Waals surface area (Å²) in [5, 5.41) is 0. The van der Waals surface area contributed by atoms with Crippen LogP contribution in [0.3, 0.4) is 0 Å². The zero-order valence-electron chi connectivity index (χ0n) is 8.15. The van der Waals surface area contributed by atoms with E-state index in [-0.39, 0.29) is 6.61 Å². The van der Waals surface area contributed by atoms with E-state index in [0.29, 0.717) is 5.75 Å². The van der Waals surface area contributed by atoms with Crippen LogP contribution in [0.4, 0.5) is 4.79 Å². The fourth-order valence-electron chi connectivity index (χ4n) is 1.02. The number of methoxy groups -OCH3 is 2. The van der Waals surface area contributed by atoms with Gasteiger partial charge in [-0.1, -0.05) is 18.2 Å². The smallest absolute Gasteiger partial charge is 0.496 e. The Bertz CT molecular complexity index is 309.